The first-order valence-electron chi connectivity index (χ1n) is 33.4. The first-order valence-corrected chi connectivity index (χ1v) is 33.4. The summed E-state index contributed by atoms with van der Waals surface area (Å²) in [7, 11) is 0. The minimum atomic E-state index is -1.46. The topological polar surface area (TPSA) is 541 Å². The molecule has 0 radical (unpaired) electrons. The van der Waals surface area contributed by atoms with Crippen molar-refractivity contribution in [2.24, 2.45) is 0 Å². The SMILES string of the molecule is CC(=O)N[C@H]1[C@H](OCCOCCOCCOCC(=O)NCCCC[C@H](NC(=O)[C@H](CCCCNC(=O)COCCOCCOCCO[C@@H]2O[C@H](CO)[C@H](O)[C@H](O)[C@H]2NC(C)=O)NC(=O)COCCOCCOCCO[C@@H]2O[C@H](CO)[C@H](O)[C@H](O)[C@H]2NC(C)=O)C(C)=O)O[C@H](CO)[C@H](O)[C@@H]1O. The molecule has 3 saturated heterocycles. The van der Waals surface area contributed by atoms with Crippen LogP contribution in [-0.4, -0.2) is 369 Å². The van der Waals surface area contributed by atoms with E-state index in [9.17, 15) is 84.3 Å². The van der Waals surface area contributed by atoms with Gasteiger partial charge in [-0.15, -0.1) is 0 Å². The molecular formula is C61H109N7O32. The zero-order valence-electron chi connectivity index (χ0n) is 57.4. The van der Waals surface area contributed by atoms with Crippen molar-refractivity contribution in [3.8, 4) is 0 Å². The molecule has 39 heteroatoms. The summed E-state index contributed by atoms with van der Waals surface area (Å²) in [5, 5.41) is 108. The number of nitrogens with one attached hydrogen (secondary N) is 7. The summed E-state index contributed by atoms with van der Waals surface area (Å²) in [5.41, 5.74) is 0. The van der Waals surface area contributed by atoms with Gasteiger partial charge in [-0.3, -0.25) is 38.4 Å². The summed E-state index contributed by atoms with van der Waals surface area (Å²) in [5.74, 6) is -3.87. The lowest BCUT2D eigenvalue weighted by atomic mass is 9.97. The second-order valence-corrected chi connectivity index (χ2v) is 23.2. The third kappa shape index (κ3) is 36.4. The van der Waals surface area contributed by atoms with Crippen LogP contribution < -0.4 is 37.2 Å². The van der Waals surface area contributed by atoms with Gasteiger partial charge in [0, 0.05) is 33.9 Å². The normalized spacial score (nSPS) is 25.8. The number of amides is 7. The van der Waals surface area contributed by atoms with Crippen LogP contribution in [0.3, 0.4) is 0 Å². The van der Waals surface area contributed by atoms with Gasteiger partial charge in [0.1, 0.15) is 98.9 Å². The van der Waals surface area contributed by atoms with Crippen molar-refractivity contribution in [3.05, 3.63) is 0 Å². The Kier molecular flexibility index (Phi) is 47.2. The quantitative estimate of drug-likeness (QED) is 0.0252. The van der Waals surface area contributed by atoms with Gasteiger partial charge in [-0.05, 0) is 45.4 Å². The van der Waals surface area contributed by atoms with E-state index in [0.717, 1.165) is 0 Å². The van der Waals surface area contributed by atoms with E-state index in [1.165, 1.54) is 27.7 Å². The Morgan fingerprint density at radius 2 is 0.630 bits per heavy atom. The Balaban J connectivity index is 1.34. The summed E-state index contributed by atoms with van der Waals surface area (Å²) in [4.78, 5) is 99.5. The molecule has 3 aliphatic rings. The number of Topliss-reactive ketones (excluding diaryl/α,β-unsaturated/α-hetero) is 1. The second-order valence-electron chi connectivity index (χ2n) is 23.2. The van der Waals surface area contributed by atoms with Crippen LogP contribution in [0, 0.1) is 0 Å². The van der Waals surface area contributed by atoms with E-state index in [0.29, 0.717) is 25.7 Å². The number of carbonyl (C=O) groups is 8. The Morgan fingerprint density at radius 3 is 0.920 bits per heavy atom. The standard InChI is InChI=1S/C61H109N7O32/c1-37(72)41(9-5-7-11-62-46(76)34-92-22-19-86-13-16-89-25-28-95-59-49(64-38(2)73)55(82)52(79)43(31-69)98-59)68-58(85)42(67-48(78)36-94-24-21-88-15-18-91-27-30-97-61-51(66-40(4)75)57(84)54(81)45(33-71)100-61)10-6-8-12-63-47(77)35-93-23-20-87-14-17-90-26-29-96-60-50(65-39(3)74)56(83)53(80)44(32-70)99-60/h41-45,49-57,59-61,69-71,79-84H,5-36H2,1-4H3,(H,62,76)(H,63,77)(H,64,73)(H,65,74)(H,66,75)(H,67,78)(H,68,85)/t41-,42-,43+,44+,45+,49+,50+,51+,52-,53-,54-,55+,56+,57+,59+,60+,61+/m0/s1. The second kappa shape index (κ2) is 52.9. The van der Waals surface area contributed by atoms with E-state index >= 15 is 0 Å². The van der Waals surface area contributed by atoms with Gasteiger partial charge in [0.05, 0.1) is 145 Å². The monoisotopic (exact) mass is 1450 g/mol. The maximum absolute atomic E-state index is 13.7. The lowest BCUT2D eigenvalue weighted by molar-refractivity contribution is -0.272. The van der Waals surface area contributed by atoms with Gasteiger partial charge < -0.3 is 154 Å². The van der Waals surface area contributed by atoms with E-state index in [4.69, 9.17) is 71.1 Å². The Bertz CT molecular complexity index is 2310. The van der Waals surface area contributed by atoms with Crippen molar-refractivity contribution in [2.75, 3.05) is 172 Å². The highest BCUT2D eigenvalue weighted by atomic mass is 16.7. The predicted molar refractivity (Wildman–Crippen MR) is 340 cm³/mol. The van der Waals surface area contributed by atoms with Crippen LogP contribution in [0.25, 0.3) is 0 Å². The third-order valence-electron chi connectivity index (χ3n) is 15.2. The van der Waals surface area contributed by atoms with Gasteiger partial charge in [0.2, 0.25) is 41.4 Å². The van der Waals surface area contributed by atoms with E-state index in [1.54, 1.807) is 0 Å². The smallest absolute Gasteiger partial charge is 0.246 e. The van der Waals surface area contributed by atoms with Gasteiger partial charge in [-0.25, -0.2) is 0 Å². The number of carbonyl (C=O) groups excluding carboxylic acids is 8. The lowest BCUT2D eigenvalue weighted by Crippen LogP contribution is -2.64. The van der Waals surface area contributed by atoms with Crippen LogP contribution in [0.5, 0.6) is 0 Å². The zero-order valence-corrected chi connectivity index (χ0v) is 57.4. The first-order chi connectivity index (χ1) is 48.0. The number of unbranched alkanes of at least 4 members (excludes halogenated alkanes) is 2. The highest BCUT2D eigenvalue weighted by molar-refractivity contribution is 5.92. The molecule has 0 aromatic rings. The van der Waals surface area contributed by atoms with Gasteiger partial charge >= 0.3 is 0 Å². The molecule has 0 saturated carbocycles. The summed E-state index contributed by atoms with van der Waals surface area (Å²) in [6, 6.07) is -5.29. The zero-order chi connectivity index (χ0) is 73.6. The van der Waals surface area contributed by atoms with Crippen molar-refractivity contribution >= 4 is 47.1 Å². The van der Waals surface area contributed by atoms with Crippen molar-refractivity contribution < 1.29 is 155 Å². The number of ether oxygens (including phenoxy) is 15. The number of ketones is 1. The fraction of sp³-hybridized carbons (Fsp3) is 0.869. The Hall–Kier alpha value is -5.00. The summed E-state index contributed by atoms with van der Waals surface area (Å²) in [6.07, 6.45) is -13.6. The minimum Gasteiger partial charge on any atom is -0.394 e. The predicted octanol–water partition coefficient (Wildman–Crippen LogP) is -8.85. The van der Waals surface area contributed by atoms with Crippen LogP contribution in [0.4, 0.5) is 0 Å². The fourth-order valence-electron chi connectivity index (χ4n) is 9.98. The number of aliphatic hydroxyl groups is 9. The average molecular weight is 1450 g/mol. The van der Waals surface area contributed by atoms with E-state index in [-0.39, 0.29) is 170 Å². The molecule has 100 heavy (non-hydrogen) atoms. The molecule has 0 bridgehead atoms. The Labute approximate surface area is 580 Å². The molecule has 3 aliphatic heterocycles. The van der Waals surface area contributed by atoms with Crippen LogP contribution >= 0.6 is 0 Å². The molecule has 3 rings (SSSR count). The molecule has 3 fully saturated rings. The molecular weight excluding hydrogens is 1340 g/mol. The van der Waals surface area contributed by atoms with Gasteiger partial charge in [0.25, 0.3) is 0 Å². The van der Waals surface area contributed by atoms with E-state index < -0.39 is 166 Å². The number of rotatable bonds is 56. The van der Waals surface area contributed by atoms with Crippen LogP contribution in [0.15, 0.2) is 0 Å². The summed E-state index contributed by atoms with van der Waals surface area (Å²) < 4.78 is 82.4. The molecule has 0 aromatic heterocycles. The average Bonchev–Trinajstić information content (AvgIpc) is 0.824. The molecule has 16 N–H and O–H groups in total. The van der Waals surface area contributed by atoms with E-state index in [1.807, 2.05) is 0 Å². The molecule has 39 nitrogen and oxygen atoms in total. The number of aliphatic hydroxyl groups excluding tert-OH is 9. The number of hydrogen-bond acceptors (Lipinski definition) is 32. The number of hydrogen-bond donors (Lipinski definition) is 16. The van der Waals surface area contributed by atoms with Crippen molar-refractivity contribution in [1.82, 2.24) is 37.2 Å². The molecule has 7 amide bonds. The van der Waals surface area contributed by atoms with Crippen molar-refractivity contribution in [3.63, 3.8) is 0 Å². The molecule has 3 heterocycles. The van der Waals surface area contributed by atoms with Crippen molar-refractivity contribution in [2.45, 2.75) is 170 Å². The fourth-order valence-corrected chi connectivity index (χ4v) is 9.98. The maximum atomic E-state index is 13.7. The van der Waals surface area contributed by atoms with Crippen LogP contribution in [-0.2, 0) is 109 Å². The third-order valence-corrected chi connectivity index (χ3v) is 15.2. The van der Waals surface area contributed by atoms with Gasteiger partial charge in [-0.2, -0.15) is 0 Å². The highest BCUT2D eigenvalue weighted by Crippen LogP contribution is 2.25. The minimum absolute atomic E-state index is 0.00501. The lowest BCUT2D eigenvalue weighted by Gasteiger charge is -2.42. The summed E-state index contributed by atoms with van der Waals surface area (Å²) in [6.45, 7) is 4.44. The van der Waals surface area contributed by atoms with Crippen LogP contribution in [0.2, 0.25) is 0 Å². The largest absolute Gasteiger partial charge is 0.394 e. The molecule has 17 atom stereocenters. The molecule has 0 aliphatic carbocycles. The van der Waals surface area contributed by atoms with E-state index in [2.05, 4.69) is 37.2 Å². The molecule has 0 spiro atoms. The maximum Gasteiger partial charge on any atom is 0.246 e. The highest BCUT2D eigenvalue weighted by Gasteiger charge is 2.48. The molecule has 0 unspecified atom stereocenters. The van der Waals surface area contributed by atoms with Gasteiger partial charge in [0.15, 0.2) is 24.7 Å². The van der Waals surface area contributed by atoms with Crippen molar-refractivity contribution in [1.29, 1.82) is 0 Å². The summed E-state index contributed by atoms with van der Waals surface area (Å²) >= 11 is 0. The first kappa shape index (κ1) is 89.2. The molecule has 580 valence electrons. The van der Waals surface area contributed by atoms with Gasteiger partial charge in [-0.1, -0.05) is 0 Å². The van der Waals surface area contributed by atoms with Crippen LogP contribution in [0.1, 0.15) is 66.2 Å². The Morgan fingerprint density at radius 1 is 0.350 bits per heavy atom. The molecule has 0 aromatic carbocycles.